The van der Waals surface area contributed by atoms with Crippen molar-refractivity contribution < 1.29 is 28.7 Å². The van der Waals surface area contributed by atoms with Gasteiger partial charge in [-0.15, -0.1) is 0 Å². The molecule has 4 amide bonds. The van der Waals surface area contributed by atoms with Gasteiger partial charge >= 0.3 is 0 Å². The first-order chi connectivity index (χ1) is 21.3. The normalized spacial score (nSPS) is 14.6. The first kappa shape index (κ1) is 34.0. The third kappa shape index (κ3) is 10.3. The van der Waals surface area contributed by atoms with Crippen LogP contribution in [0.25, 0.3) is 0 Å². The van der Waals surface area contributed by atoms with Gasteiger partial charge in [0, 0.05) is 50.8 Å². The maximum atomic E-state index is 13.3. The number of amides is 4. The molecular weight excluding hydrogens is 641 g/mol. The summed E-state index contributed by atoms with van der Waals surface area (Å²) in [6, 6.07) is 19.0. The van der Waals surface area contributed by atoms with E-state index in [1.807, 2.05) is 60.7 Å². The van der Waals surface area contributed by atoms with E-state index in [0.29, 0.717) is 34.8 Å². The number of hydrogen-bond donors (Lipinski definition) is 0. The second-order valence-corrected chi connectivity index (χ2v) is 13.4. The molecule has 234 valence electrons. The molecule has 0 unspecified atom stereocenters. The Kier molecular flexibility index (Phi) is 13.6. The molecule has 0 spiro atoms. The highest BCUT2D eigenvalue weighted by atomic mass is 32.2. The predicted molar refractivity (Wildman–Crippen MR) is 179 cm³/mol. The lowest BCUT2D eigenvalue weighted by atomic mass is 10.2. The molecule has 0 aromatic heterocycles. The van der Waals surface area contributed by atoms with Gasteiger partial charge in [0.15, 0.2) is 0 Å². The molecule has 0 bridgehead atoms. The van der Waals surface area contributed by atoms with Crippen LogP contribution in [0.5, 0.6) is 0 Å². The molecule has 2 fully saturated rings. The Hall–Kier alpha value is -2.88. The lowest BCUT2D eigenvalue weighted by molar-refractivity contribution is -0.144. The molecule has 0 atom stereocenters. The monoisotopic (exact) mass is 674 g/mol. The van der Waals surface area contributed by atoms with Gasteiger partial charge in [0.2, 0.25) is 11.8 Å². The Morgan fingerprint density at radius 2 is 1.02 bits per heavy atom. The maximum Gasteiger partial charge on any atom is 0.254 e. The molecule has 0 N–H and O–H groups in total. The molecule has 2 aliphatic rings. The van der Waals surface area contributed by atoms with Crippen molar-refractivity contribution in [2.75, 3.05) is 64.1 Å². The number of hydrogen-bond acceptors (Lipinski definition) is 10. The second-order valence-electron chi connectivity index (χ2n) is 9.91. The van der Waals surface area contributed by atoms with Crippen molar-refractivity contribution in [1.82, 2.24) is 19.6 Å². The van der Waals surface area contributed by atoms with E-state index in [2.05, 4.69) is 0 Å². The van der Waals surface area contributed by atoms with Gasteiger partial charge in [-0.25, -0.2) is 0 Å². The van der Waals surface area contributed by atoms with Crippen LogP contribution in [0, 0.1) is 0 Å². The Morgan fingerprint density at radius 3 is 1.36 bits per heavy atom. The SMILES string of the molecule is O=C(COCC(=O)N1CCSC1=S)N(CCN(Cc1ccccc1)C(=O)COCC(=O)N1CCSC1=S)Cc1ccccc1. The van der Waals surface area contributed by atoms with Crippen molar-refractivity contribution >= 4 is 80.2 Å². The fourth-order valence-electron chi connectivity index (χ4n) is 4.46. The van der Waals surface area contributed by atoms with Crippen LogP contribution in [0.1, 0.15) is 11.1 Å². The van der Waals surface area contributed by atoms with Gasteiger partial charge in [0.05, 0.1) is 0 Å². The predicted octanol–water partition coefficient (Wildman–Crippen LogP) is 2.80. The minimum atomic E-state index is -0.312. The van der Waals surface area contributed by atoms with E-state index in [1.54, 1.807) is 9.80 Å². The van der Waals surface area contributed by atoms with E-state index >= 15 is 0 Å². The molecule has 2 aliphatic heterocycles. The van der Waals surface area contributed by atoms with Gasteiger partial charge in [-0.2, -0.15) is 0 Å². The fraction of sp³-hybridized carbons (Fsp3) is 0.400. The zero-order valence-corrected chi connectivity index (χ0v) is 27.4. The van der Waals surface area contributed by atoms with E-state index in [4.69, 9.17) is 33.9 Å². The van der Waals surface area contributed by atoms with Crippen molar-refractivity contribution in [3.05, 3.63) is 71.8 Å². The van der Waals surface area contributed by atoms with Crippen molar-refractivity contribution in [1.29, 1.82) is 0 Å². The Balaban J connectivity index is 1.37. The van der Waals surface area contributed by atoms with Crippen LogP contribution in [-0.4, -0.2) is 116 Å². The molecule has 2 aromatic rings. The number of thiocarbonyl (C=S) groups is 2. The van der Waals surface area contributed by atoms with Crippen LogP contribution < -0.4 is 0 Å². The molecule has 2 aromatic carbocycles. The van der Waals surface area contributed by atoms with E-state index in [-0.39, 0.29) is 63.1 Å². The quantitative estimate of drug-likeness (QED) is 0.263. The molecule has 14 heteroatoms. The van der Waals surface area contributed by atoms with Gasteiger partial charge < -0.3 is 19.3 Å². The van der Waals surface area contributed by atoms with Gasteiger partial charge in [-0.1, -0.05) is 109 Å². The third-order valence-corrected chi connectivity index (χ3v) is 9.66. The molecule has 44 heavy (non-hydrogen) atoms. The minimum Gasteiger partial charge on any atom is -0.362 e. The summed E-state index contributed by atoms with van der Waals surface area (Å²) < 4.78 is 12.1. The molecule has 4 rings (SSSR count). The summed E-state index contributed by atoms with van der Waals surface area (Å²) in [6.45, 7) is 1.03. The minimum absolute atomic E-state index is 0.217. The van der Waals surface area contributed by atoms with E-state index in [1.165, 1.54) is 33.3 Å². The van der Waals surface area contributed by atoms with Gasteiger partial charge in [-0.05, 0) is 11.1 Å². The zero-order valence-electron chi connectivity index (χ0n) is 24.1. The summed E-state index contributed by atoms with van der Waals surface area (Å²) in [4.78, 5) is 57.8. The molecular formula is C30H34N4O6S4. The average molecular weight is 675 g/mol. The average Bonchev–Trinajstić information content (AvgIpc) is 3.67. The molecule has 2 heterocycles. The van der Waals surface area contributed by atoms with Crippen molar-refractivity contribution in [2.45, 2.75) is 13.1 Å². The molecule has 0 aliphatic carbocycles. The smallest absolute Gasteiger partial charge is 0.254 e. The van der Waals surface area contributed by atoms with Gasteiger partial charge in [0.1, 0.15) is 35.1 Å². The number of thioether (sulfide) groups is 2. The number of ether oxygens (including phenoxy) is 2. The van der Waals surface area contributed by atoms with Gasteiger partial charge in [0.25, 0.3) is 11.8 Å². The standard InChI is InChI=1S/C30H34N4O6S4/c35-25(19-39-21-27(37)33-13-15-43-29(33)41)31(17-23-7-3-1-4-8-23)11-12-32(18-24-9-5-2-6-10-24)26(36)20-40-22-28(38)34-14-16-44-30(34)42/h1-10H,11-22H2. The number of rotatable bonds is 15. The summed E-state index contributed by atoms with van der Waals surface area (Å²) >= 11 is 13.3. The zero-order chi connectivity index (χ0) is 31.3. The van der Waals surface area contributed by atoms with Crippen molar-refractivity contribution in [2.24, 2.45) is 0 Å². The fourth-order valence-corrected chi connectivity index (χ4v) is 6.94. The Morgan fingerprint density at radius 1 is 0.636 bits per heavy atom. The van der Waals surface area contributed by atoms with E-state index in [9.17, 15) is 19.2 Å². The second kappa shape index (κ2) is 17.6. The van der Waals surface area contributed by atoms with Crippen LogP contribution in [0.15, 0.2) is 60.7 Å². The molecule has 0 radical (unpaired) electrons. The molecule has 2 saturated heterocycles. The lowest BCUT2D eigenvalue weighted by Crippen LogP contribution is -2.43. The summed E-state index contributed by atoms with van der Waals surface area (Å²) in [7, 11) is 0. The Bertz CT molecular complexity index is 1230. The maximum absolute atomic E-state index is 13.3. The van der Waals surface area contributed by atoms with Crippen LogP contribution in [0.4, 0.5) is 0 Å². The van der Waals surface area contributed by atoms with Crippen LogP contribution in [0.2, 0.25) is 0 Å². The highest BCUT2D eigenvalue weighted by molar-refractivity contribution is 8.23. The number of carbonyl (C=O) groups is 4. The third-order valence-electron chi connectivity index (χ3n) is 6.80. The van der Waals surface area contributed by atoms with Crippen LogP contribution in [-0.2, 0) is 41.7 Å². The summed E-state index contributed by atoms with van der Waals surface area (Å²) in [5.41, 5.74) is 1.83. The van der Waals surface area contributed by atoms with Crippen molar-refractivity contribution in [3.8, 4) is 0 Å². The van der Waals surface area contributed by atoms with Crippen LogP contribution in [0.3, 0.4) is 0 Å². The largest absolute Gasteiger partial charge is 0.362 e. The van der Waals surface area contributed by atoms with Crippen molar-refractivity contribution in [3.63, 3.8) is 0 Å². The molecule has 10 nitrogen and oxygen atoms in total. The lowest BCUT2D eigenvalue weighted by Gasteiger charge is -2.28. The number of carbonyl (C=O) groups excluding carboxylic acids is 4. The first-order valence-electron chi connectivity index (χ1n) is 14.0. The van der Waals surface area contributed by atoms with Crippen LogP contribution >= 0.6 is 48.0 Å². The van der Waals surface area contributed by atoms with E-state index in [0.717, 1.165) is 22.6 Å². The number of nitrogens with zero attached hydrogens (tertiary/aromatic N) is 4. The first-order valence-corrected chi connectivity index (χ1v) is 16.8. The highest BCUT2D eigenvalue weighted by Crippen LogP contribution is 2.19. The summed E-state index contributed by atoms with van der Waals surface area (Å²) in [5.74, 6) is 0.331. The van der Waals surface area contributed by atoms with E-state index < -0.39 is 0 Å². The summed E-state index contributed by atoms with van der Waals surface area (Å²) in [6.07, 6.45) is 0. The number of benzene rings is 2. The highest BCUT2D eigenvalue weighted by Gasteiger charge is 2.26. The topological polar surface area (TPSA) is 99.7 Å². The molecule has 0 saturated carbocycles. The Labute approximate surface area is 276 Å². The van der Waals surface area contributed by atoms with Gasteiger partial charge in [-0.3, -0.25) is 29.0 Å². The summed E-state index contributed by atoms with van der Waals surface area (Å²) in [5, 5.41) is 0.